The summed E-state index contributed by atoms with van der Waals surface area (Å²) in [5.41, 5.74) is 0.174. The summed E-state index contributed by atoms with van der Waals surface area (Å²) < 4.78 is 24.7. The minimum absolute atomic E-state index is 0.174. The molecular weight excluding hydrogens is 311 g/mol. The van der Waals surface area contributed by atoms with Crippen molar-refractivity contribution in [2.45, 2.75) is 13.0 Å². The van der Waals surface area contributed by atoms with Gasteiger partial charge in [0, 0.05) is 12.1 Å². The molecule has 1 aromatic carbocycles. The van der Waals surface area contributed by atoms with Crippen LogP contribution in [0.25, 0.3) is 0 Å². The number of carbonyl (C=O) groups is 1. The van der Waals surface area contributed by atoms with Gasteiger partial charge in [-0.25, -0.2) is 8.42 Å². The number of benzene rings is 1. The Kier molecular flexibility index (Phi) is 5.06. The average Bonchev–Trinajstić information content (AvgIpc) is 2.31. The van der Waals surface area contributed by atoms with E-state index in [1.807, 2.05) is 0 Å². The van der Waals surface area contributed by atoms with Crippen molar-refractivity contribution in [1.29, 1.82) is 0 Å². The molecule has 19 heavy (non-hydrogen) atoms. The smallest absolute Gasteiger partial charge is 0.243 e. The summed E-state index contributed by atoms with van der Waals surface area (Å²) in [5.74, 6) is -0.443. The van der Waals surface area contributed by atoms with Crippen LogP contribution in [0.4, 0.5) is 5.69 Å². The number of nitrogens with one attached hydrogen (secondary N) is 1. The number of sulfonamides is 1. The Morgan fingerprint density at radius 2 is 1.95 bits per heavy atom. The first kappa shape index (κ1) is 16.1. The van der Waals surface area contributed by atoms with E-state index in [9.17, 15) is 13.2 Å². The van der Waals surface area contributed by atoms with Crippen LogP contribution in [0.3, 0.4) is 0 Å². The fourth-order valence-electron chi connectivity index (χ4n) is 1.64. The highest BCUT2D eigenvalue weighted by molar-refractivity contribution is 7.92. The molecule has 0 radical (unpaired) electrons. The zero-order valence-corrected chi connectivity index (χ0v) is 13.0. The number of rotatable bonds is 4. The number of anilines is 1. The van der Waals surface area contributed by atoms with Crippen molar-refractivity contribution < 1.29 is 13.2 Å². The number of nitrogens with zero attached hydrogens (tertiary/aromatic N) is 1. The lowest BCUT2D eigenvalue weighted by Gasteiger charge is -2.28. The van der Waals surface area contributed by atoms with Gasteiger partial charge in [0.05, 0.1) is 17.0 Å². The van der Waals surface area contributed by atoms with Crippen LogP contribution in [0.5, 0.6) is 0 Å². The van der Waals surface area contributed by atoms with Gasteiger partial charge < -0.3 is 5.32 Å². The minimum Gasteiger partial charge on any atom is -0.357 e. The molecular formula is C11H14Cl2N2O3S. The van der Waals surface area contributed by atoms with Gasteiger partial charge in [-0.15, -0.1) is 0 Å². The Hall–Kier alpha value is -0.980. The number of hydrogen-bond acceptors (Lipinski definition) is 3. The quantitative estimate of drug-likeness (QED) is 0.919. The molecule has 0 saturated carbocycles. The molecule has 0 unspecified atom stereocenters. The van der Waals surface area contributed by atoms with E-state index < -0.39 is 22.0 Å². The van der Waals surface area contributed by atoms with Gasteiger partial charge in [0.2, 0.25) is 15.9 Å². The first-order chi connectivity index (χ1) is 8.68. The monoisotopic (exact) mass is 324 g/mol. The molecule has 1 N–H and O–H groups in total. The molecule has 0 aromatic heterocycles. The second-order valence-corrected chi connectivity index (χ2v) is 6.65. The van der Waals surface area contributed by atoms with Crippen LogP contribution < -0.4 is 9.62 Å². The van der Waals surface area contributed by atoms with Gasteiger partial charge in [0.1, 0.15) is 6.04 Å². The third kappa shape index (κ3) is 3.75. The third-order valence-corrected chi connectivity index (χ3v) is 4.26. The van der Waals surface area contributed by atoms with Crippen LogP contribution in [0.15, 0.2) is 18.2 Å². The molecule has 0 bridgehead atoms. The first-order valence-electron chi connectivity index (χ1n) is 5.34. The van der Waals surface area contributed by atoms with E-state index in [4.69, 9.17) is 23.2 Å². The van der Waals surface area contributed by atoms with E-state index in [1.165, 1.54) is 26.1 Å². The van der Waals surface area contributed by atoms with Crippen LogP contribution >= 0.6 is 23.2 Å². The fraction of sp³-hybridized carbons (Fsp3) is 0.364. The number of carbonyl (C=O) groups excluding carboxylic acids is 1. The maximum absolute atomic E-state index is 11.9. The first-order valence-corrected chi connectivity index (χ1v) is 7.95. The van der Waals surface area contributed by atoms with Crippen LogP contribution in [0.2, 0.25) is 10.0 Å². The number of amides is 1. The molecule has 1 aromatic rings. The molecule has 1 rings (SSSR count). The normalized spacial score (nSPS) is 12.9. The molecule has 1 amide bonds. The molecule has 1 atom stereocenters. The molecule has 106 valence electrons. The van der Waals surface area contributed by atoms with Crippen molar-refractivity contribution in [2.24, 2.45) is 0 Å². The number of halogens is 2. The van der Waals surface area contributed by atoms with Gasteiger partial charge in [0.25, 0.3) is 0 Å². The highest BCUT2D eigenvalue weighted by Crippen LogP contribution is 2.32. The standard InChI is InChI=1S/C11H14Cl2N2O3S/c1-7(11(16)14-2)15(19(3,17)18)10-6-8(12)4-5-9(10)13/h4-7H,1-3H3,(H,14,16)/t7-/m1/s1. The summed E-state index contributed by atoms with van der Waals surface area (Å²) in [7, 11) is -2.25. The molecule has 0 fully saturated rings. The van der Waals surface area contributed by atoms with Crippen molar-refractivity contribution >= 4 is 44.8 Å². The van der Waals surface area contributed by atoms with Gasteiger partial charge >= 0.3 is 0 Å². The van der Waals surface area contributed by atoms with Crippen LogP contribution in [0.1, 0.15) is 6.92 Å². The van der Waals surface area contributed by atoms with Crippen LogP contribution in [-0.4, -0.2) is 33.7 Å². The Bertz CT molecular complexity index is 590. The van der Waals surface area contributed by atoms with Gasteiger partial charge in [-0.1, -0.05) is 23.2 Å². The molecule has 0 aliphatic heterocycles. The van der Waals surface area contributed by atoms with E-state index in [0.717, 1.165) is 10.6 Å². The molecule has 0 heterocycles. The molecule has 5 nitrogen and oxygen atoms in total. The summed E-state index contributed by atoms with van der Waals surface area (Å²) >= 11 is 11.8. The van der Waals surface area contributed by atoms with Crippen molar-refractivity contribution in [2.75, 3.05) is 17.6 Å². The van der Waals surface area contributed by atoms with Gasteiger partial charge in [-0.3, -0.25) is 9.10 Å². The molecule has 0 spiro atoms. The maximum atomic E-state index is 11.9. The summed E-state index contributed by atoms with van der Waals surface area (Å²) in [4.78, 5) is 11.7. The summed E-state index contributed by atoms with van der Waals surface area (Å²) in [5, 5.41) is 2.93. The molecule has 0 aliphatic rings. The summed E-state index contributed by atoms with van der Waals surface area (Å²) in [6.45, 7) is 1.47. The average molecular weight is 325 g/mol. The van der Waals surface area contributed by atoms with Crippen molar-refractivity contribution in [3.8, 4) is 0 Å². The Morgan fingerprint density at radius 1 is 1.37 bits per heavy atom. The molecule has 0 saturated heterocycles. The van der Waals surface area contributed by atoms with Crippen molar-refractivity contribution in [1.82, 2.24) is 5.32 Å². The lowest BCUT2D eigenvalue weighted by molar-refractivity contribution is -0.121. The topological polar surface area (TPSA) is 66.5 Å². The molecule has 8 heteroatoms. The van der Waals surface area contributed by atoms with Crippen molar-refractivity contribution in [3.05, 3.63) is 28.2 Å². The Morgan fingerprint density at radius 3 is 2.42 bits per heavy atom. The molecule has 0 aliphatic carbocycles. The Labute approximate surface area is 122 Å². The maximum Gasteiger partial charge on any atom is 0.243 e. The highest BCUT2D eigenvalue weighted by atomic mass is 35.5. The zero-order chi connectivity index (χ0) is 14.8. The van der Waals surface area contributed by atoms with Gasteiger partial charge in [0.15, 0.2) is 0 Å². The zero-order valence-electron chi connectivity index (χ0n) is 10.6. The summed E-state index contributed by atoms with van der Waals surface area (Å²) in [6.07, 6.45) is 1.00. The van der Waals surface area contributed by atoms with E-state index >= 15 is 0 Å². The van der Waals surface area contributed by atoms with E-state index in [-0.39, 0.29) is 10.7 Å². The number of likely N-dealkylation sites (N-methyl/N-ethyl adjacent to an activating group) is 1. The summed E-state index contributed by atoms with van der Waals surface area (Å²) in [6, 6.07) is 3.49. The lowest BCUT2D eigenvalue weighted by atomic mass is 10.2. The van der Waals surface area contributed by atoms with Crippen molar-refractivity contribution in [3.63, 3.8) is 0 Å². The second kappa shape index (κ2) is 5.98. The van der Waals surface area contributed by atoms with E-state index in [0.29, 0.717) is 5.02 Å². The second-order valence-electron chi connectivity index (χ2n) is 3.94. The fourth-order valence-corrected chi connectivity index (χ4v) is 3.25. The minimum atomic E-state index is -3.68. The van der Waals surface area contributed by atoms with Gasteiger partial charge in [-0.2, -0.15) is 0 Å². The predicted molar refractivity (Wildman–Crippen MR) is 77.3 cm³/mol. The van der Waals surface area contributed by atoms with Crippen LogP contribution in [-0.2, 0) is 14.8 Å². The SMILES string of the molecule is CNC(=O)[C@@H](C)N(c1cc(Cl)ccc1Cl)S(C)(=O)=O. The largest absolute Gasteiger partial charge is 0.357 e. The lowest BCUT2D eigenvalue weighted by Crippen LogP contribution is -2.47. The highest BCUT2D eigenvalue weighted by Gasteiger charge is 2.30. The van der Waals surface area contributed by atoms with E-state index in [2.05, 4.69) is 5.32 Å². The van der Waals surface area contributed by atoms with E-state index in [1.54, 1.807) is 6.07 Å². The predicted octanol–water partition coefficient (Wildman–Crippen LogP) is 1.89. The third-order valence-electron chi connectivity index (χ3n) is 2.48. The number of hydrogen-bond donors (Lipinski definition) is 1. The van der Waals surface area contributed by atoms with Gasteiger partial charge in [-0.05, 0) is 25.1 Å². The Balaban J connectivity index is 3.41. The van der Waals surface area contributed by atoms with Crippen LogP contribution in [0, 0.1) is 0 Å².